The number of halogens is 3. The number of carboxylic acid groups (broad SMARTS) is 1. The van der Waals surface area contributed by atoms with Crippen molar-refractivity contribution >= 4 is 11.9 Å². The maximum absolute atomic E-state index is 12.6. The zero-order valence-electron chi connectivity index (χ0n) is 12.7. The van der Waals surface area contributed by atoms with E-state index in [0.717, 1.165) is 19.3 Å². The van der Waals surface area contributed by atoms with Crippen LogP contribution in [0.4, 0.5) is 23.8 Å². The quantitative estimate of drug-likeness (QED) is 0.888. The first-order valence-electron chi connectivity index (χ1n) is 7.36. The van der Waals surface area contributed by atoms with Crippen LogP contribution in [0, 0.1) is 12.8 Å². The van der Waals surface area contributed by atoms with Crippen LogP contribution in [-0.4, -0.2) is 39.2 Å². The molecule has 1 saturated heterocycles. The largest absolute Gasteiger partial charge is 0.465 e. The molecule has 2 heterocycles. The highest BCUT2D eigenvalue weighted by atomic mass is 19.4. The Morgan fingerprint density at radius 1 is 1.35 bits per heavy atom. The van der Waals surface area contributed by atoms with Crippen molar-refractivity contribution in [1.29, 1.82) is 0 Å². The molecule has 0 saturated carbocycles. The molecule has 0 radical (unpaired) electrons. The SMILES string of the molecule is Cc1nc(C(F)(F)F)nc(N)c1CCC1CCN(C(=O)O)CC1. The Morgan fingerprint density at radius 2 is 1.96 bits per heavy atom. The Kier molecular flexibility index (Phi) is 4.96. The zero-order chi connectivity index (χ0) is 17.2. The molecule has 128 valence electrons. The van der Waals surface area contributed by atoms with Gasteiger partial charge in [-0.1, -0.05) is 0 Å². The molecule has 2 rings (SSSR count). The van der Waals surface area contributed by atoms with Gasteiger partial charge in [-0.05, 0) is 38.5 Å². The third kappa shape index (κ3) is 4.23. The fraction of sp³-hybridized carbons (Fsp3) is 0.643. The molecule has 1 aliphatic rings. The second-order valence-electron chi connectivity index (χ2n) is 5.75. The average Bonchev–Trinajstić information content (AvgIpc) is 2.45. The number of piperidine rings is 1. The number of aromatic nitrogens is 2. The highest BCUT2D eigenvalue weighted by molar-refractivity contribution is 5.64. The molecule has 0 unspecified atom stereocenters. The van der Waals surface area contributed by atoms with Crippen LogP contribution in [-0.2, 0) is 12.6 Å². The number of likely N-dealkylation sites (tertiary alicyclic amines) is 1. The molecule has 0 spiro atoms. The third-order valence-corrected chi connectivity index (χ3v) is 4.19. The second kappa shape index (κ2) is 6.59. The summed E-state index contributed by atoms with van der Waals surface area (Å²) in [5.41, 5.74) is 6.44. The van der Waals surface area contributed by atoms with E-state index in [-0.39, 0.29) is 11.5 Å². The maximum atomic E-state index is 12.6. The van der Waals surface area contributed by atoms with Gasteiger partial charge in [0.25, 0.3) is 0 Å². The molecule has 0 bridgehead atoms. The summed E-state index contributed by atoms with van der Waals surface area (Å²) in [7, 11) is 0. The number of nitrogens with zero attached hydrogens (tertiary/aromatic N) is 3. The lowest BCUT2D eigenvalue weighted by molar-refractivity contribution is -0.145. The van der Waals surface area contributed by atoms with Crippen molar-refractivity contribution in [3.8, 4) is 0 Å². The molecule has 3 N–H and O–H groups in total. The minimum Gasteiger partial charge on any atom is -0.465 e. The summed E-state index contributed by atoms with van der Waals surface area (Å²) in [6, 6.07) is 0. The minimum atomic E-state index is -4.61. The second-order valence-corrected chi connectivity index (χ2v) is 5.75. The Labute approximate surface area is 131 Å². The van der Waals surface area contributed by atoms with Crippen molar-refractivity contribution in [1.82, 2.24) is 14.9 Å². The molecule has 0 aromatic carbocycles. The number of alkyl halides is 3. The number of rotatable bonds is 3. The van der Waals surface area contributed by atoms with Crippen LogP contribution < -0.4 is 5.73 Å². The molecule has 1 amide bonds. The third-order valence-electron chi connectivity index (χ3n) is 4.19. The first kappa shape index (κ1) is 17.3. The van der Waals surface area contributed by atoms with Gasteiger partial charge in [-0.3, -0.25) is 0 Å². The van der Waals surface area contributed by atoms with Gasteiger partial charge in [0.1, 0.15) is 5.82 Å². The molecular formula is C14H19F3N4O2. The van der Waals surface area contributed by atoms with Crippen LogP contribution in [0.5, 0.6) is 0 Å². The lowest BCUT2D eigenvalue weighted by Gasteiger charge is -2.30. The zero-order valence-corrected chi connectivity index (χ0v) is 12.7. The predicted molar refractivity (Wildman–Crippen MR) is 76.8 cm³/mol. The summed E-state index contributed by atoms with van der Waals surface area (Å²) >= 11 is 0. The number of anilines is 1. The van der Waals surface area contributed by atoms with Gasteiger partial charge < -0.3 is 15.7 Å². The lowest BCUT2D eigenvalue weighted by Crippen LogP contribution is -2.37. The van der Waals surface area contributed by atoms with Crippen LogP contribution in [0.2, 0.25) is 0 Å². The predicted octanol–water partition coefficient (Wildman–Crippen LogP) is 2.71. The number of aryl methyl sites for hydroxylation is 1. The number of hydrogen-bond donors (Lipinski definition) is 2. The Bertz CT molecular complexity index is 561. The molecule has 1 aromatic rings. The molecule has 9 heteroatoms. The molecule has 0 aliphatic carbocycles. The molecule has 23 heavy (non-hydrogen) atoms. The number of carbonyl (C=O) groups is 1. The topological polar surface area (TPSA) is 92.3 Å². The van der Waals surface area contributed by atoms with Crippen molar-refractivity contribution < 1.29 is 23.1 Å². The number of hydrogen-bond acceptors (Lipinski definition) is 4. The van der Waals surface area contributed by atoms with Crippen molar-refractivity contribution in [3.63, 3.8) is 0 Å². The van der Waals surface area contributed by atoms with Gasteiger partial charge in [-0.15, -0.1) is 0 Å². The molecule has 1 fully saturated rings. The van der Waals surface area contributed by atoms with Crippen LogP contribution in [0.15, 0.2) is 0 Å². The average molecular weight is 332 g/mol. The lowest BCUT2D eigenvalue weighted by atomic mass is 9.90. The maximum Gasteiger partial charge on any atom is 0.451 e. The number of amides is 1. The smallest absolute Gasteiger partial charge is 0.451 e. The van der Waals surface area contributed by atoms with E-state index in [1.54, 1.807) is 0 Å². The monoisotopic (exact) mass is 332 g/mol. The van der Waals surface area contributed by atoms with E-state index in [1.165, 1.54) is 11.8 Å². The van der Waals surface area contributed by atoms with Crippen molar-refractivity contribution in [2.75, 3.05) is 18.8 Å². The molecule has 1 aromatic heterocycles. The number of nitrogen functional groups attached to an aromatic ring is 1. The van der Waals surface area contributed by atoms with Gasteiger partial charge in [-0.2, -0.15) is 13.2 Å². The van der Waals surface area contributed by atoms with Crippen molar-refractivity contribution in [2.45, 2.75) is 38.8 Å². The standard InChI is InChI=1S/C14H19F3N4O2/c1-8-10(11(18)20-12(19-8)14(15,16)17)3-2-9-4-6-21(7-5-9)13(22)23/h9H,2-7H2,1H3,(H,22,23)(H2,18,19,20). The molecule has 1 aliphatic heterocycles. The van der Waals surface area contributed by atoms with Crippen molar-refractivity contribution in [3.05, 3.63) is 17.1 Å². The number of nitrogens with two attached hydrogens (primary N) is 1. The summed E-state index contributed by atoms with van der Waals surface area (Å²) in [6.45, 7) is 2.46. The van der Waals surface area contributed by atoms with Crippen LogP contribution in [0.25, 0.3) is 0 Å². The molecular weight excluding hydrogens is 313 g/mol. The van der Waals surface area contributed by atoms with Gasteiger partial charge in [0, 0.05) is 24.3 Å². The van der Waals surface area contributed by atoms with E-state index in [0.29, 0.717) is 31.0 Å². The van der Waals surface area contributed by atoms with E-state index in [1.807, 2.05) is 0 Å². The highest BCUT2D eigenvalue weighted by Crippen LogP contribution is 2.29. The molecule has 0 atom stereocenters. The fourth-order valence-electron chi connectivity index (χ4n) is 2.82. The van der Waals surface area contributed by atoms with Gasteiger partial charge in [0.15, 0.2) is 0 Å². The summed E-state index contributed by atoms with van der Waals surface area (Å²) in [4.78, 5) is 19.1. The summed E-state index contributed by atoms with van der Waals surface area (Å²) in [5, 5.41) is 8.90. The fourth-order valence-corrected chi connectivity index (χ4v) is 2.82. The van der Waals surface area contributed by atoms with E-state index < -0.39 is 18.1 Å². The first-order chi connectivity index (χ1) is 10.7. The summed E-state index contributed by atoms with van der Waals surface area (Å²) in [6.07, 6.45) is -2.82. The Hall–Kier alpha value is -2.06. The van der Waals surface area contributed by atoms with Gasteiger partial charge in [0.05, 0.1) is 0 Å². The van der Waals surface area contributed by atoms with Crippen LogP contribution in [0.3, 0.4) is 0 Å². The van der Waals surface area contributed by atoms with Gasteiger partial charge >= 0.3 is 12.3 Å². The normalized spacial score (nSPS) is 16.6. The Balaban J connectivity index is 1.98. The van der Waals surface area contributed by atoms with E-state index in [9.17, 15) is 18.0 Å². The Morgan fingerprint density at radius 3 is 2.43 bits per heavy atom. The van der Waals surface area contributed by atoms with Gasteiger partial charge in [-0.25, -0.2) is 14.8 Å². The van der Waals surface area contributed by atoms with Crippen LogP contribution in [0.1, 0.15) is 36.3 Å². The molecule has 6 nitrogen and oxygen atoms in total. The highest BCUT2D eigenvalue weighted by Gasteiger charge is 2.35. The van der Waals surface area contributed by atoms with E-state index in [2.05, 4.69) is 9.97 Å². The summed E-state index contributed by atoms with van der Waals surface area (Å²) in [5.74, 6) is -1.02. The van der Waals surface area contributed by atoms with Crippen LogP contribution >= 0.6 is 0 Å². The minimum absolute atomic E-state index is 0.132. The van der Waals surface area contributed by atoms with Crippen molar-refractivity contribution in [2.24, 2.45) is 5.92 Å². The first-order valence-corrected chi connectivity index (χ1v) is 7.36. The van der Waals surface area contributed by atoms with E-state index in [4.69, 9.17) is 10.8 Å². The summed E-state index contributed by atoms with van der Waals surface area (Å²) < 4.78 is 37.9. The van der Waals surface area contributed by atoms with Gasteiger partial charge in [0.2, 0.25) is 5.82 Å². The van der Waals surface area contributed by atoms with E-state index >= 15 is 0 Å².